The Morgan fingerprint density at radius 1 is 1.57 bits per heavy atom. The van der Waals surface area contributed by atoms with Crippen LogP contribution in [0.3, 0.4) is 0 Å². The van der Waals surface area contributed by atoms with Crippen molar-refractivity contribution in [2.24, 2.45) is 0 Å². The van der Waals surface area contributed by atoms with Crippen LogP contribution in [0.15, 0.2) is 5.51 Å². The number of nitrogens with zero attached hydrogens (tertiary/aromatic N) is 1. The number of aromatic nitrogens is 1. The van der Waals surface area contributed by atoms with Crippen molar-refractivity contribution in [1.29, 1.82) is 0 Å². The van der Waals surface area contributed by atoms with Crippen LogP contribution in [-0.2, 0) is 0 Å². The van der Waals surface area contributed by atoms with Gasteiger partial charge in [-0.15, -0.1) is 0 Å². The van der Waals surface area contributed by atoms with Gasteiger partial charge in [-0.25, -0.2) is 4.98 Å². The van der Waals surface area contributed by atoms with E-state index in [9.17, 15) is 8.78 Å². The quantitative estimate of drug-likeness (QED) is 0.505. The van der Waals surface area contributed by atoms with Crippen molar-refractivity contribution >= 4 is 11.3 Å². The van der Waals surface area contributed by atoms with Gasteiger partial charge in [0, 0.05) is 0 Å². The fraction of sp³-hybridized carbons (Fsp3) is 0. The maximum Gasteiger partial charge on any atom is 0.260 e. The van der Waals surface area contributed by atoms with Crippen molar-refractivity contribution in [1.82, 2.24) is 4.98 Å². The summed E-state index contributed by atoms with van der Waals surface area (Å²) in [6.07, 6.45) is 0. The number of rotatable bonds is 0. The lowest BCUT2D eigenvalue weighted by molar-refractivity contribution is 0.503. The first kappa shape index (κ1) is 4.64. The highest BCUT2D eigenvalue weighted by molar-refractivity contribution is 7.07. The summed E-state index contributed by atoms with van der Waals surface area (Å²) in [6.45, 7) is 0. The van der Waals surface area contributed by atoms with Gasteiger partial charge < -0.3 is 0 Å². The monoisotopic (exact) mass is 121 g/mol. The van der Waals surface area contributed by atoms with Crippen LogP contribution in [0.1, 0.15) is 0 Å². The van der Waals surface area contributed by atoms with E-state index < -0.39 is 11.1 Å². The van der Waals surface area contributed by atoms with E-state index in [1.165, 1.54) is 0 Å². The van der Waals surface area contributed by atoms with E-state index in [4.69, 9.17) is 0 Å². The fourth-order valence-electron chi connectivity index (χ4n) is 0.218. The Hall–Kier alpha value is -0.510. The molecule has 0 atom stereocenters. The van der Waals surface area contributed by atoms with E-state index in [1.807, 2.05) is 0 Å². The zero-order valence-corrected chi connectivity index (χ0v) is 4.01. The molecule has 0 spiro atoms. The third kappa shape index (κ3) is 0.742. The van der Waals surface area contributed by atoms with Crippen LogP contribution in [-0.4, -0.2) is 4.98 Å². The van der Waals surface area contributed by atoms with Crippen LogP contribution in [0.5, 0.6) is 0 Å². The van der Waals surface area contributed by atoms with Crippen LogP contribution in [0.2, 0.25) is 0 Å². The van der Waals surface area contributed by atoms with Gasteiger partial charge in [-0.3, -0.25) is 0 Å². The first-order valence-corrected chi connectivity index (χ1v) is 2.43. The molecule has 1 nitrogen and oxygen atoms in total. The molecule has 4 heteroatoms. The molecule has 1 heterocycles. The van der Waals surface area contributed by atoms with Gasteiger partial charge in [-0.05, 0) is 0 Å². The predicted octanol–water partition coefficient (Wildman–Crippen LogP) is 1.42. The van der Waals surface area contributed by atoms with Crippen LogP contribution in [0, 0.1) is 11.1 Å². The second-order valence-electron chi connectivity index (χ2n) is 0.917. The highest BCUT2D eigenvalue weighted by Crippen LogP contribution is 2.06. The van der Waals surface area contributed by atoms with E-state index in [-0.39, 0.29) is 0 Å². The second-order valence-corrected chi connectivity index (χ2v) is 1.72. The van der Waals surface area contributed by atoms with Crippen molar-refractivity contribution in [2.45, 2.75) is 0 Å². The Bertz CT molecular complexity index is 145. The molecule has 0 aliphatic heterocycles. The molecule has 1 aromatic rings. The molecule has 38 valence electrons. The summed E-state index contributed by atoms with van der Waals surface area (Å²) in [5, 5.41) is -0.847. The lowest BCUT2D eigenvalue weighted by Gasteiger charge is -1.68. The Kier molecular flexibility index (Phi) is 1.02. The molecule has 0 bridgehead atoms. The topological polar surface area (TPSA) is 12.9 Å². The molecule has 0 saturated heterocycles. The van der Waals surface area contributed by atoms with Crippen molar-refractivity contribution in [2.75, 3.05) is 0 Å². The molecule has 0 radical (unpaired) electrons. The predicted molar refractivity (Wildman–Crippen MR) is 22.0 cm³/mol. The molecule has 1 rings (SSSR count). The van der Waals surface area contributed by atoms with Gasteiger partial charge in [0.25, 0.3) is 5.95 Å². The van der Waals surface area contributed by atoms with Crippen LogP contribution >= 0.6 is 11.3 Å². The minimum Gasteiger partial charge on any atom is -0.214 e. The van der Waals surface area contributed by atoms with Gasteiger partial charge in [0.1, 0.15) is 0 Å². The van der Waals surface area contributed by atoms with Gasteiger partial charge in [0.05, 0.1) is 5.51 Å². The summed E-state index contributed by atoms with van der Waals surface area (Å²) in [7, 11) is 0. The summed E-state index contributed by atoms with van der Waals surface area (Å²) >= 11 is 0.652. The van der Waals surface area contributed by atoms with E-state index in [0.717, 1.165) is 5.51 Å². The highest BCUT2D eigenvalue weighted by Gasteiger charge is 1.99. The van der Waals surface area contributed by atoms with E-state index in [0.29, 0.717) is 11.3 Å². The molecule has 1 aromatic heterocycles. The third-order valence-corrected chi connectivity index (χ3v) is 1.07. The van der Waals surface area contributed by atoms with E-state index >= 15 is 0 Å². The van der Waals surface area contributed by atoms with Gasteiger partial charge in [0.15, 0.2) is 0 Å². The summed E-state index contributed by atoms with van der Waals surface area (Å²) in [6, 6.07) is 0. The molecule has 0 saturated carbocycles. The zero-order chi connectivity index (χ0) is 5.28. The normalized spacial score (nSPS) is 9.43. The lowest BCUT2D eigenvalue weighted by atomic mass is 10.9. The molecule has 0 amide bonds. The van der Waals surface area contributed by atoms with Crippen molar-refractivity contribution < 1.29 is 8.78 Å². The van der Waals surface area contributed by atoms with Crippen molar-refractivity contribution in [3.63, 3.8) is 0 Å². The molecule has 0 aromatic carbocycles. The van der Waals surface area contributed by atoms with Gasteiger partial charge in [-0.2, -0.15) is 8.78 Å². The summed E-state index contributed by atoms with van der Waals surface area (Å²) in [5.41, 5.74) is 1.12. The maximum absolute atomic E-state index is 11.7. The Morgan fingerprint density at radius 3 is 2.43 bits per heavy atom. The van der Waals surface area contributed by atoms with Crippen LogP contribution < -0.4 is 0 Å². The molecule has 0 fully saturated rings. The lowest BCUT2D eigenvalue weighted by Crippen LogP contribution is -1.71. The summed E-state index contributed by atoms with van der Waals surface area (Å²) < 4.78 is 23.3. The smallest absolute Gasteiger partial charge is 0.214 e. The van der Waals surface area contributed by atoms with Crippen molar-refractivity contribution in [3.05, 3.63) is 16.6 Å². The SMILES string of the molecule is Fc1ncsc1F. The van der Waals surface area contributed by atoms with Gasteiger partial charge in [0.2, 0.25) is 5.13 Å². The maximum atomic E-state index is 11.7. The minimum atomic E-state index is -1.01. The van der Waals surface area contributed by atoms with E-state index in [1.54, 1.807) is 0 Å². The Balaban J connectivity index is 3.12. The molecular weight excluding hydrogens is 120 g/mol. The first-order chi connectivity index (χ1) is 3.30. The van der Waals surface area contributed by atoms with Gasteiger partial charge >= 0.3 is 0 Å². The number of halogens is 2. The second kappa shape index (κ2) is 1.54. The number of hydrogen-bond donors (Lipinski definition) is 0. The average Bonchev–Trinajstić information content (AvgIpc) is 1.91. The highest BCUT2D eigenvalue weighted by atomic mass is 32.1. The molecule has 0 aliphatic rings. The molecule has 0 N–H and O–H groups in total. The number of thiazole rings is 1. The molecule has 0 aliphatic carbocycles. The third-order valence-electron chi connectivity index (χ3n) is 0.484. The molecular formula is C3HF2NS. The van der Waals surface area contributed by atoms with Gasteiger partial charge in [-0.1, -0.05) is 11.3 Å². The summed E-state index contributed by atoms with van der Waals surface area (Å²) in [5.74, 6) is -1.01. The first-order valence-electron chi connectivity index (χ1n) is 1.55. The minimum absolute atomic E-state index is 0.652. The van der Waals surface area contributed by atoms with Crippen molar-refractivity contribution in [3.8, 4) is 0 Å². The van der Waals surface area contributed by atoms with E-state index in [2.05, 4.69) is 4.98 Å². The summed E-state index contributed by atoms with van der Waals surface area (Å²) in [4.78, 5) is 2.99. The average molecular weight is 121 g/mol. The fourth-order valence-corrected chi connectivity index (χ4v) is 0.606. The number of hydrogen-bond acceptors (Lipinski definition) is 2. The van der Waals surface area contributed by atoms with Crippen LogP contribution in [0.4, 0.5) is 8.78 Å². The Labute approximate surface area is 42.6 Å². The molecule has 0 unspecified atom stereocenters. The zero-order valence-electron chi connectivity index (χ0n) is 3.19. The Morgan fingerprint density at radius 2 is 2.29 bits per heavy atom. The standard InChI is InChI=1S/C3HF2NS/c4-2-3(5)7-1-6-2/h1H. The largest absolute Gasteiger partial charge is 0.260 e. The van der Waals surface area contributed by atoms with Crippen LogP contribution in [0.25, 0.3) is 0 Å². The molecule has 7 heavy (non-hydrogen) atoms.